The van der Waals surface area contributed by atoms with Gasteiger partial charge >= 0.3 is 0 Å². The van der Waals surface area contributed by atoms with Gasteiger partial charge in [-0.1, -0.05) is 29.8 Å². The Morgan fingerprint density at radius 1 is 1.48 bits per heavy atom. The van der Waals surface area contributed by atoms with Gasteiger partial charge in [-0.3, -0.25) is 4.79 Å². The van der Waals surface area contributed by atoms with Crippen LogP contribution in [0.4, 0.5) is 8.78 Å². The third kappa shape index (κ3) is 4.02. The van der Waals surface area contributed by atoms with Gasteiger partial charge < -0.3 is 11.1 Å². The Kier molecular flexibility index (Phi) is 5.27. The van der Waals surface area contributed by atoms with Crippen molar-refractivity contribution in [2.24, 2.45) is 5.73 Å². The number of carbonyl (C=O) groups is 1. The molecule has 0 unspecified atom stereocenters. The van der Waals surface area contributed by atoms with E-state index < -0.39 is 24.9 Å². The lowest BCUT2D eigenvalue weighted by Gasteiger charge is -2.14. The summed E-state index contributed by atoms with van der Waals surface area (Å²) in [5, 5.41) is 10.4. The van der Waals surface area contributed by atoms with Gasteiger partial charge in [0.05, 0.1) is 24.5 Å². The number of halogens is 3. The number of amides is 1. The molecule has 124 valence electrons. The van der Waals surface area contributed by atoms with E-state index in [2.05, 4.69) is 15.6 Å². The van der Waals surface area contributed by atoms with Crippen molar-refractivity contribution in [2.45, 2.75) is 19.3 Å². The first-order valence-electron chi connectivity index (χ1n) is 6.94. The van der Waals surface area contributed by atoms with Crippen LogP contribution in [0.5, 0.6) is 0 Å². The quantitative estimate of drug-likeness (QED) is 0.837. The Morgan fingerprint density at radius 2 is 2.22 bits per heavy atom. The Labute approximate surface area is 136 Å². The predicted octanol–water partition coefficient (Wildman–Crippen LogP) is 1.81. The van der Waals surface area contributed by atoms with E-state index in [0.29, 0.717) is 22.8 Å². The molecule has 0 aliphatic heterocycles. The molecule has 1 aromatic heterocycles. The van der Waals surface area contributed by atoms with Crippen molar-refractivity contribution in [1.82, 2.24) is 20.3 Å². The lowest BCUT2D eigenvalue weighted by molar-refractivity contribution is 0.0118. The van der Waals surface area contributed by atoms with E-state index in [1.165, 1.54) is 4.68 Å². The highest BCUT2D eigenvalue weighted by atomic mass is 35.5. The summed E-state index contributed by atoms with van der Waals surface area (Å²) in [4.78, 5) is 12.1. The number of aromatic nitrogens is 3. The second-order valence-corrected chi connectivity index (χ2v) is 5.31. The molecule has 1 amide bonds. The number of benzene rings is 1. The molecule has 0 spiro atoms. The monoisotopic (exact) mass is 343 g/mol. The smallest absolute Gasteiger partial charge is 0.277 e. The molecule has 0 bridgehead atoms. The molecule has 0 saturated carbocycles. The van der Waals surface area contributed by atoms with Crippen LogP contribution in [0.25, 0.3) is 5.69 Å². The number of carbonyl (C=O) groups excluding carboxylic acids is 1. The fourth-order valence-electron chi connectivity index (χ4n) is 1.98. The molecular weight excluding hydrogens is 328 g/mol. The number of alkyl halides is 2. The van der Waals surface area contributed by atoms with Crippen molar-refractivity contribution in [3.8, 4) is 5.69 Å². The SMILES string of the molecule is CCc1c(C(=O)NCC(F)(F)CN)nnn1-c1cccc(Cl)c1. The van der Waals surface area contributed by atoms with Crippen LogP contribution in [0.2, 0.25) is 5.02 Å². The van der Waals surface area contributed by atoms with E-state index in [0.717, 1.165) is 0 Å². The number of rotatable bonds is 6. The van der Waals surface area contributed by atoms with Gasteiger partial charge in [-0.15, -0.1) is 5.10 Å². The minimum Gasteiger partial charge on any atom is -0.344 e. The minimum absolute atomic E-state index is 0.000275. The summed E-state index contributed by atoms with van der Waals surface area (Å²) in [6.07, 6.45) is 0.440. The summed E-state index contributed by atoms with van der Waals surface area (Å²) in [6.45, 7) is 0.115. The van der Waals surface area contributed by atoms with E-state index in [9.17, 15) is 13.6 Å². The van der Waals surface area contributed by atoms with E-state index >= 15 is 0 Å². The number of nitrogens with one attached hydrogen (secondary N) is 1. The average molecular weight is 344 g/mol. The van der Waals surface area contributed by atoms with Crippen LogP contribution in [0.1, 0.15) is 23.1 Å². The predicted molar refractivity (Wildman–Crippen MR) is 82.1 cm³/mol. The first-order valence-corrected chi connectivity index (χ1v) is 7.32. The highest BCUT2D eigenvalue weighted by Crippen LogP contribution is 2.18. The summed E-state index contributed by atoms with van der Waals surface area (Å²) in [6, 6.07) is 6.86. The molecule has 9 heteroatoms. The van der Waals surface area contributed by atoms with Crippen LogP contribution >= 0.6 is 11.6 Å². The molecule has 0 saturated heterocycles. The zero-order valence-electron chi connectivity index (χ0n) is 12.4. The summed E-state index contributed by atoms with van der Waals surface area (Å²) in [7, 11) is 0. The van der Waals surface area contributed by atoms with Crippen molar-refractivity contribution in [2.75, 3.05) is 13.1 Å². The summed E-state index contributed by atoms with van der Waals surface area (Å²) in [5.74, 6) is -3.88. The normalized spacial score (nSPS) is 11.5. The molecule has 0 aliphatic rings. The second-order valence-electron chi connectivity index (χ2n) is 4.87. The van der Waals surface area contributed by atoms with Gasteiger partial charge in [0, 0.05) is 5.02 Å². The summed E-state index contributed by atoms with van der Waals surface area (Å²) < 4.78 is 27.7. The molecule has 2 rings (SSSR count). The fraction of sp³-hybridized carbons (Fsp3) is 0.357. The minimum atomic E-state index is -3.16. The van der Waals surface area contributed by atoms with Crippen LogP contribution < -0.4 is 11.1 Å². The van der Waals surface area contributed by atoms with Gasteiger partial charge in [-0.25, -0.2) is 13.5 Å². The number of hydrogen-bond donors (Lipinski definition) is 2. The van der Waals surface area contributed by atoms with Crippen molar-refractivity contribution in [3.05, 3.63) is 40.7 Å². The third-order valence-electron chi connectivity index (χ3n) is 3.17. The molecule has 0 aliphatic carbocycles. The van der Waals surface area contributed by atoms with Gasteiger partial charge in [-0.2, -0.15) is 0 Å². The average Bonchev–Trinajstić information content (AvgIpc) is 2.96. The zero-order chi connectivity index (χ0) is 17.0. The summed E-state index contributed by atoms with van der Waals surface area (Å²) in [5.41, 5.74) is 6.07. The summed E-state index contributed by atoms with van der Waals surface area (Å²) >= 11 is 5.94. The topological polar surface area (TPSA) is 85.8 Å². The highest BCUT2D eigenvalue weighted by molar-refractivity contribution is 6.30. The fourth-order valence-corrected chi connectivity index (χ4v) is 2.16. The van der Waals surface area contributed by atoms with Crippen LogP contribution in [0.3, 0.4) is 0 Å². The van der Waals surface area contributed by atoms with Crippen molar-refractivity contribution in [1.29, 1.82) is 0 Å². The molecule has 23 heavy (non-hydrogen) atoms. The largest absolute Gasteiger partial charge is 0.344 e. The lowest BCUT2D eigenvalue weighted by atomic mass is 10.2. The Hall–Kier alpha value is -2.06. The van der Waals surface area contributed by atoms with Crippen molar-refractivity contribution in [3.63, 3.8) is 0 Å². The van der Waals surface area contributed by atoms with Gasteiger partial charge in [0.15, 0.2) is 5.69 Å². The first kappa shape index (κ1) is 17.3. The molecule has 3 N–H and O–H groups in total. The molecule has 6 nitrogen and oxygen atoms in total. The van der Waals surface area contributed by atoms with Crippen molar-refractivity contribution < 1.29 is 13.6 Å². The van der Waals surface area contributed by atoms with E-state index in [1.807, 2.05) is 6.92 Å². The Balaban J connectivity index is 2.26. The van der Waals surface area contributed by atoms with E-state index in [-0.39, 0.29) is 5.69 Å². The zero-order valence-corrected chi connectivity index (χ0v) is 13.1. The van der Waals surface area contributed by atoms with Crippen molar-refractivity contribution >= 4 is 17.5 Å². The maximum absolute atomic E-state index is 13.1. The van der Waals surface area contributed by atoms with E-state index in [1.54, 1.807) is 24.3 Å². The van der Waals surface area contributed by atoms with Crippen LogP contribution in [-0.2, 0) is 6.42 Å². The molecule has 0 radical (unpaired) electrons. The van der Waals surface area contributed by atoms with Gasteiger partial charge in [0.2, 0.25) is 0 Å². The van der Waals surface area contributed by atoms with E-state index in [4.69, 9.17) is 17.3 Å². The van der Waals surface area contributed by atoms with Crippen LogP contribution in [0, 0.1) is 0 Å². The van der Waals surface area contributed by atoms with Gasteiger partial charge in [0.25, 0.3) is 11.8 Å². The molecule has 2 aromatic rings. The standard InChI is InChI=1S/C14H16ClF2N5O/c1-2-11-12(13(23)19-8-14(16,17)7-18)20-21-22(11)10-5-3-4-9(15)6-10/h3-6H,2,7-8,18H2,1H3,(H,19,23). The molecule has 1 heterocycles. The molecular formula is C14H16ClF2N5O. The third-order valence-corrected chi connectivity index (χ3v) is 3.41. The number of nitrogens with zero attached hydrogens (tertiary/aromatic N) is 3. The van der Waals surface area contributed by atoms with Crippen LogP contribution in [0.15, 0.2) is 24.3 Å². The number of hydrogen-bond acceptors (Lipinski definition) is 4. The molecule has 0 fully saturated rings. The lowest BCUT2D eigenvalue weighted by Crippen LogP contribution is -2.41. The number of nitrogens with two attached hydrogens (primary N) is 1. The Morgan fingerprint density at radius 3 is 2.83 bits per heavy atom. The molecule has 0 atom stereocenters. The van der Waals surface area contributed by atoms with Gasteiger partial charge in [-0.05, 0) is 24.6 Å². The molecule has 1 aromatic carbocycles. The second kappa shape index (κ2) is 7.01. The Bertz CT molecular complexity index is 704. The highest BCUT2D eigenvalue weighted by Gasteiger charge is 2.29. The maximum Gasteiger partial charge on any atom is 0.277 e. The maximum atomic E-state index is 13.1. The van der Waals surface area contributed by atoms with Crippen LogP contribution in [-0.4, -0.2) is 39.9 Å². The first-order chi connectivity index (χ1) is 10.9. The van der Waals surface area contributed by atoms with Gasteiger partial charge in [0.1, 0.15) is 0 Å².